The van der Waals surface area contributed by atoms with Crippen LogP contribution in [-0.4, -0.2) is 36.1 Å². The SMILES string of the molecule is CCOC(=O)C(C=NC1CC1F)=C(O)c1cc(F)c(F)c(C)c1F. The summed E-state index contributed by atoms with van der Waals surface area (Å²) in [6.07, 6.45) is -0.117. The molecule has 2 atom stereocenters. The molecule has 1 aromatic rings. The Hall–Kier alpha value is -2.38. The minimum absolute atomic E-state index is 0.0437. The van der Waals surface area contributed by atoms with Gasteiger partial charge in [0.1, 0.15) is 23.3 Å². The third-order valence-corrected chi connectivity index (χ3v) is 3.46. The lowest BCUT2D eigenvalue weighted by atomic mass is 10.0. The van der Waals surface area contributed by atoms with Crippen LogP contribution >= 0.6 is 0 Å². The van der Waals surface area contributed by atoms with Crippen LogP contribution in [0.5, 0.6) is 0 Å². The molecule has 0 spiro atoms. The summed E-state index contributed by atoms with van der Waals surface area (Å²) in [6.45, 7) is 2.45. The molecule has 1 aliphatic carbocycles. The van der Waals surface area contributed by atoms with Gasteiger partial charge in [-0.1, -0.05) is 0 Å². The predicted molar refractivity (Wildman–Crippen MR) is 79.0 cm³/mol. The number of carbonyl (C=O) groups is 1. The van der Waals surface area contributed by atoms with Crippen molar-refractivity contribution in [2.45, 2.75) is 32.5 Å². The average Bonchev–Trinajstić information content (AvgIpc) is 3.24. The number of esters is 1. The molecule has 1 saturated carbocycles. The topological polar surface area (TPSA) is 58.9 Å². The second-order valence-corrected chi connectivity index (χ2v) is 5.24. The summed E-state index contributed by atoms with van der Waals surface area (Å²) >= 11 is 0. The molecule has 1 N–H and O–H groups in total. The van der Waals surface area contributed by atoms with Gasteiger partial charge in [0.25, 0.3) is 0 Å². The second-order valence-electron chi connectivity index (χ2n) is 5.24. The number of aliphatic hydroxyl groups is 1. The van der Waals surface area contributed by atoms with Gasteiger partial charge in [-0.25, -0.2) is 22.4 Å². The summed E-state index contributed by atoms with van der Waals surface area (Å²) in [5.41, 5.74) is -1.93. The molecule has 0 radical (unpaired) electrons. The highest BCUT2D eigenvalue weighted by Gasteiger charge is 2.37. The maximum absolute atomic E-state index is 14.1. The van der Waals surface area contributed by atoms with Gasteiger partial charge in [-0.15, -0.1) is 0 Å². The summed E-state index contributed by atoms with van der Waals surface area (Å²) in [5.74, 6) is -6.02. The van der Waals surface area contributed by atoms with Gasteiger partial charge in [0.15, 0.2) is 11.6 Å². The van der Waals surface area contributed by atoms with Crippen molar-refractivity contribution in [2.24, 2.45) is 4.99 Å². The van der Waals surface area contributed by atoms with Crippen molar-refractivity contribution < 1.29 is 32.2 Å². The highest BCUT2D eigenvalue weighted by molar-refractivity contribution is 6.15. The Morgan fingerprint density at radius 3 is 2.58 bits per heavy atom. The van der Waals surface area contributed by atoms with E-state index >= 15 is 0 Å². The Balaban J connectivity index is 2.52. The Labute approximate surface area is 135 Å². The van der Waals surface area contributed by atoms with Gasteiger partial charge in [0, 0.05) is 18.2 Å². The number of ether oxygens (including phenoxy) is 1. The zero-order valence-corrected chi connectivity index (χ0v) is 12.9. The molecule has 2 unspecified atom stereocenters. The highest BCUT2D eigenvalue weighted by Crippen LogP contribution is 2.30. The van der Waals surface area contributed by atoms with Crippen molar-refractivity contribution >= 4 is 17.9 Å². The first-order chi connectivity index (χ1) is 11.3. The average molecular weight is 345 g/mol. The van der Waals surface area contributed by atoms with Crippen LogP contribution in [-0.2, 0) is 9.53 Å². The third kappa shape index (κ3) is 3.58. The Morgan fingerprint density at radius 2 is 2.04 bits per heavy atom. The number of halogens is 4. The fourth-order valence-electron chi connectivity index (χ4n) is 1.94. The van der Waals surface area contributed by atoms with Crippen molar-refractivity contribution in [2.75, 3.05) is 6.61 Å². The van der Waals surface area contributed by atoms with Gasteiger partial charge in [-0.2, -0.15) is 0 Å². The smallest absolute Gasteiger partial charge is 0.343 e. The zero-order chi connectivity index (χ0) is 18.0. The third-order valence-electron chi connectivity index (χ3n) is 3.46. The number of carbonyl (C=O) groups excluding carboxylic acids is 1. The number of aliphatic hydroxyl groups excluding tert-OH is 1. The summed E-state index contributed by atoms with van der Waals surface area (Å²) in [5, 5.41) is 10.2. The van der Waals surface area contributed by atoms with Crippen LogP contribution in [0.4, 0.5) is 17.6 Å². The lowest BCUT2D eigenvalue weighted by Gasteiger charge is -2.10. The first-order valence-electron chi connectivity index (χ1n) is 7.20. The van der Waals surface area contributed by atoms with E-state index in [0.717, 1.165) is 13.1 Å². The van der Waals surface area contributed by atoms with Crippen molar-refractivity contribution in [1.82, 2.24) is 0 Å². The number of alkyl halides is 1. The van der Waals surface area contributed by atoms with Crippen LogP contribution < -0.4 is 0 Å². The Kier molecular flexibility index (Phi) is 5.26. The lowest BCUT2D eigenvalue weighted by molar-refractivity contribution is -0.137. The van der Waals surface area contributed by atoms with Crippen molar-refractivity contribution in [3.8, 4) is 0 Å². The molecule has 1 aromatic carbocycles. The summed E-state index contributed by atoms with van der Waals surface area (Å²) in [6, 6.07) is -0.228. The molecule has 8 heteroatoms. The molecule has 0 amide bonds. The van der Waals surface area contributed by atoms with Crippen LogP contribution in [0.3, 0.4) is 0 Å². The zero-order valence-electron chi connectivity index (χ0n) is 12.9. The van der Waals surface area contributed by atoms with Gasteiger partial charge < -0.3 is 9.84 Å². The van der Waals surface area contributed by atoms with Gasteiger partial charge in [-0.05, 0) is 19.9 Å². The lowest BCUT2D eigenvalue weighted by Crippen LogP contribution is -2.13. The van der Waals surface area contributed by atoms with E-state index in [0.29, 0.717) is 6.07 Å². The molecular formula is C16H15F4NO3. The molecule has 0 saturated heterocycles. The van der Waals surface area contributed by atoms with Gasteiger partial charge >= 0.3 is 5.97 Å². The second kappa shape index (κ2) is 7.02. The summed E-state index contributed by atoms with van der Waals surface area (Å²) < 4.78 is 58.5. The van der Waals surface area contributed by atoms with E-state index in [1.165, 1.54) is 6.92 Å². The monoisotopic (exact) mass is 345 g/mol. The molecule has 24 heavy (non-hydrogen) atoms. The molecule has 0 heterocycles. The highest BCUT2D eigenvalue weighted by atomic mass is 19.2. The van der Waals surface area contributed by atoms with E-state index in [4.69, 9.17) is 4.74 Å². The van der Waals surface area contributed by atoms with Crippen molar-refractivity contribution in [1.29, 1.82) is 0 Å². The first kappa shape index (κ1) is 18.0. The number of nitrogens with zero attached hydrogens (tertiary/aromatic N) is 1. The first-order valence-corrected chi connectivity index (χ1v) is 7.20. The quantitative estimate of drug-likeness (QED) is 0.222. The van der Waals surface area contributed by atoms with Crippen LogP contribution in [0.15, 0.2) is 16.6 Å². The summed E-state index contributed by atoms with van der Waals surface area (Å²) in [7, 11) is 0. The summed E-state index contributed by atoms with van der Waals surface area (Å²) in [4.78, 5) is 15.7. The van der Waals surface area contributed by atoms with Crippen molar-refractivity contribution in [3.63, 3.8) is 0 Å². The molecule has 0 aromatic heterocycles. The molecule has 4 nitrogen and oxygen atoms in total. The number of benzene rings is 1. The van der Waals surface area contributed by atoms with Crippen molar-refractivity contribution in [3.05, 3.63) is 40.2 Å². The molecular weight excluding hydrogens is 330 g/mol. The normalized spacial score (nSPS) is 20.9. The minimum atomic E-state index is -1.39. The van der Waals surface area contributed by atoms with E-state index in [1.54, 1.807) is 0 Å². The molecule has 0 bridgehead atoms. The largest absolute Gasteiger partial charge is 0.506 e. The van der Waals surface area contributed by atoms with E-state index in [2.05, 4.69) is 4.99 Å². The van der Waals surface area contributed by atoms with Crippen LogP contribution in [0.25, 0.3) is 5.76 Å². The molecule has 1 aliphatic rings. The number of rotatable bonds is 5. The fourth-order valence-corrected chi connectivity index (χ4v) is 1.94. The number of aliphatic imine (C=N–C) groups is 1. The van der Waals surface area contributed by atoms with Gasteiger partial charge in [0.05, 0.1) is 18.2 Å². The van der Waals surface area contributed by atoms with E-state index in [-0.39, 0.29) is 13.0 Å². The molecule has 1 fully saturated rings. The maximum Gasteiger partial charge on any atom is 0.343 e. The van der Waals surface area contributed by atoms with Gasteiger partial charge in [-0.3, -0.25) is 4.99 Å². The Bertz CT molecular complexity index is 731. The van der Waals surface area contributed by atoms with E-state index in [1.807, 2.05) is 0 Å². The molecule has 2 rings (SSSR count). The number of hydrogen-bond donors (Lipinski definition) is 1. The Morgan fingerprint density at radius 1 is 1.42 bits per heavy atom. The minimum Gasteiger partial charge on any atom is -0.506 e. The standard InChI is InChI=1S/C16H15F4NO3/c1-3-24-16(23)9(6-21-12-5-10(12)17)15(22)8-4-11(18)14(20)7(2)13(8)19/h4,6,10,12,22H,3,5H2,1-2H3. The molecule has 0 aliphatic heterocycles. The fraction of sp³-hybridized carbons (Fsp3) is 0.375. The van der Waals surface area contributed by atoms with Crippen LogP contribution in [0.1, 0.15) is 24.5 Å². The molecule has 130 valence electrons. The van der Waals surface area contributed by atoms with Crippen LogP contribution in [0.2, 0.25) is 0 Å². The maximum atomic E-state index is 14.1. The number of hydrogen-bond acceptors (Lipinski definition) is 4. The van der Waals surface area contributed by atoms with E-state index in [9.17, 15) is 27.5 Å². The van der Waals surface area contributed by atoms with E-state index < -0.39 is 58.1 Å². The predicted octanol–water partition coefficient (Wildman–Crippen LogP) is 3.43. The van der Waals surface area contributed by atoms with Gasteiger partial charge in [0.2, 0.25) is 0 Å². The van der Waals surface area contributed by atoms with Crippen LogP contribution in [0, 0.1) is 24.4 Å².